The molecule has 0 bridgehead atoms. The van der Waals surface area contributed by atoms with E-state index in [9.17, 15) is 33.9 Å². The minimum absolute atomic E-state index is 0.0672. The molecule has 0 radical (unpaired) electrons. The van der Waals surface area contributed by atoms with Crippen LogP contribution in [0.2, 0.25) is 0 Å². The summed E-state index contributed by atoms with van der Waals surface area (Å²) in [6.45, 7) is 10.1. The van der Waals surface area contributed by atoms with E-state index in [4.69, 9.17) is 15.0 Å². The number of aliphatic hydroxyl groups is 1. The Kier molecular flexibility index (Phi) is 13.9. The van der Waals surface area contributed by atoms with Gasteiger partial charge in [0.05, 0.1) is 23.4 Å². The van der Waals surface area contributed by atoms with E-state index in [1.54, 1.807) is 24.3 Å². The number of rotatable bonds is 15. The van der Waals surface area contributed by atoms with Crippen molar-refractivity contribution in [2.24, 2.45) is 10.5 Å². The summed E-state index contributed by atoms with van der Waals surface area (Å²) in [5, 5.41) is 21.1. The number of azide groups is 1. The van der Waals surface area contributed by atoms with E-state index in [2.05, 4.69) is 25.6 Å². The fourth-order valence-corrected chi connectivity index (χ4v) is 8.20. The van der Waals surface area contributed by atoms with Gasteiger partial charge in [0, 0.05) is 40.8 Å². The maximum absolute atomic E-state index is 14.1. The van der Waals surface area contributed by atoms with Gasteiger partial charge in [0.2, 0.25) is 11.8 Å². The number of benzene rings is 2. The third kappa shape index (κ3) is 10.4. The van der Waals surface area contributed by atoms with Crippen LogP contribution in [-0.4, -0.2) is 90.8 Å². The molecule has 18 heteroatoms. The Labute approximate surface area is 339 Å². The zero-order valence-electron chi connectivity index (χ0n) is 33.3. The predicted molar refractivity (Wildman–Crippen MR) is 215 cm³/mol. The second-order valence-electron chi connectivity index (χ2n) is 15.8. The molecule has 2 fully saturated rings. The van der Waals surface area contributed by atoms with Crippen molar-refractivity contribution in [2.75, 3.05) is 12.5 Å². The molecule has 0 saturated carbocycles. The number of H-pyrrole nitrogens is 1. The number of ether oxygens (including phenoxy) is 2. The van der Waals surface area contributed by atoms with Crippen LogP contribution in [0.15, 0.2) is 75.5 Å². The van der Waals surface area contributed by atoms with Crippen LogP contribution in [-0.2, 0) is 41.6 Å². The van der Waals surface area contributed by atoms with Crippen LogP contribution >= 0.6 is 11.8 Å². The highest BCUT2D eigenvalue weighted by Crippen LogP contribution is 2.40. The predicted octanol–water partition coefficient (Wildman–Crippen LogP) is 3.16. The van der Waals surface area contributed by atoms with Crippen molar-refractivity contribution in [2.45, 2.75) is 109 Å². The average molecular weight is 819 g/mol. The molecular weight excluding hydrogens is 769 g/mol. The molecule has 2 aromatic carbocycles. The molecule has 6 atom stereocenters. The number of aromatic amines is 1. The number of thioether (sulfide) groups is 1. The summed E-state index contributed by atoms with van der Waals surface area (Å²) in [4.78, 5) is 85.6. The number of nitrogens with one attached hydrogen (secondary N) is 3. The van der Waals surface area contributed by atoms with Gasteiger partial charge in [-0.15, -0.1) is 11.8 Å². The number of aryl methyl sites for hydroxylation is 2. The van der Waals surface area contributed by atoms with E-state index in [0.717, 1.165) is 16.7 Å². The fraction of sp³-hybridized carbons (Fsp3) is 0.500. The first kappa shape index (κ1) is 43.7. The number of hydrogen-bond acceptors (Lipinski definition) is 11. The van der Waals surface area contributed by atoms with E-state index in [-0.39, 0.29) is 43.3 Å². The van der Waals surface area contributed by atoms with Gasteiger partial charge in [-0.2, -0.15) is 0 Å². The first-order valence-electron chi connectivity index (χ1n) is 18.9. The number of carbonyl (C=O) groups is 4. The number of aliphatic hydroxyl groups excluding tert-OH is 1. The summed E-state index contributed by atoms with van der Waals surface area (Å²) >= 11 is 1.41. The summed E-state index contributed by atoms with van der Waals surface area (Å²) in [6, 6.07) is 13.8. The van der Waals surface area contributed by atoms with E-state index >= 15 is 0 Å². The number of esters is 1. The number of hydrogen-bond donors (Lipinski definition) is 4. The topological polar surface area (TPSA) is 238 Å². The Balaban J connectivity index is 1.25. The van der Waals surface area contributed by atoms with Gasteiger partial charge in [-0.1, -0.05) is 59.7 Å². The van der Waals surface area contributed by atoms with Crippen molar-refractivity contribution >= 4 is 35.5 Å². The van der Waals surface area contributed by atoms with Gasteiger partial charge < -0.3 is 30.1 Å². The molecule has 5 rings (SSSR count). The first-order chi connectivity index (χ1) is 27.4. The first-order valence-corrected chi connectivity index (χ1v) is 19.9. The van der Waals surface area contributed by atoms with Gasteiger partial charge in [-0.3, -0.25) is 33.5 Å². The molecule has 58 heavy (non-hydrogen) atoms. The average Bonchev–Trinajstić information content (AvgIpc) is 3.73. The molecule has 2 aliphatic rings. The third-order valence-corrected chi connectivity index (χ3v) is 11.8. The normalized spacial score (nSPS) is 21.1. The Morgan fingerprint density at radius 3 is 2.48 bits per heavy atom. The van der Waals surface area contributed by atoms with Crippen molar-refractivity contribution in [3.05, 3.63) is 114 Å². The van der Waals surface area contributed by atoms with E-state index < -0.39 is 82.2 Å². The highest BCUT2D eigenvalue weighted by Gasteiger charge is 2.50. The molecule has 3 aromatic rings. The Bertz CT molecular complexity index is 2170. The SMILES string of the molecule is Cc1ccccc1CNC(=O)[C@H]1N(C(=O)[C@@H](O)[C@H](Cc2ccccc2)NC(=O)CC(C)(C)C(=O)OC[C@H]2O[C@@H](n3cc(C)c(=O)[nH]c3=O)CC2N=[N+]=[N-])CSC1(C)C. The Morgan fingerprint density at radius 2 is 1.79 bits per heavy atom. The summed E-state index contributed by atoms with van der Waals surface area (Å²) < 4.78 is 12.0. The molecule has 1 unspecified atom stereocenters. The third-order valence-electron chi connectivity index (χ3n) is 10.5. The van der Waals surface area contributed by atoms with Crippen molar-refractivity contribution in [1.82, 2.24) is 25.1 Å². The molecule has 1 aromatic heterocycles. The second-order valence-corrected chi connectivity index (χ2v) is 17.4. The quantitative estimate of drug-likeness (QED) is 0.0756. The molecule has 0 aliphatic carbocycles. The van der Waals surface area contributed by atoms with Crippen LogP contribution in [0.4, 0.5) is 0 Å². The van der Waals surface area contributed by atoms with Crippen LogP contribution in [0.5, 0.6) is 0 Å². The number of aromatic nitrogens is 2. The molecular formula is C40H50N8O9S. The summed E-state index contributed by atoms with van der Waals surface area (Å²) in [7, 11) is 0. The minimum Gasteiger partial charge on any atom is -0.462 e. The fourth-order valence-electron chi connectivity index (χ4n) is 7.06. The highest BCUT2D eigenvalue weighted by molar-refractivity contribution is 8.00. The number of amides is 3. The van der Waals surface area contributed by atoms with E-state index in [1.807, 2.05) is 51.1 Å². The van der Waals surface area contributed by atoms with Gasteiger partial charge in [0.25, 0.3) is 11.5 Å². The molecule has 17 nitrogen and oxygen atoms in total. The maximum Gasteiger partial charge on any atom is 0.330 e. The van der Waals surface area contributed by atoms with Crippen molar-refractivity contribution in [3.8, 4) is 0 Å². The largest absolute Gasteiger partial charge is 0.462 e. The van der Waals surface area contributed by atoms with E-state index in [1.165, 1.54) is 48.2 Å². The number of nitrogens with zero attached hydrogens (tertiary/aromatic N) is 5. The summed E-state index contributed by atoms with van der Waals surface area (Å²) in [5.74, 6) is -2.37. The van der Waals surface area contributed by atoms with Gasteiger partial charge in [0.15, 0.2) is 6.10 Å². The van der Waals surface area contributed by atoms with Crippen LogP contribution in [0, 0.1) is 19.3 Å². The summed E-state index contributed by atoms with van der Waals surface area (Å²) in [6.07, 6.45) is -2.52. The van der Waals surface area contributed by atoms with Crippen LogP contribution < -0.4 is 21.9 Å². The zero-order valence-corrected chi connectivity index (χ0v) is 34.2. The van der Waals surface area contributed by atoms with Gasteiger partial charge in [0.1, 0.15) is 25.0 Å². The monoisotopic (exact) mass is 818 g/mol. The summed E-state index contributed by atoms with van der Waals surface area (Å²) in [5.41, 5.74) is 9.40. The highest BCUT2D eigenvalue weighted by atomic mass is 32.2. The van der Waals surface area contributed by atoms with Gasteiger partial charge in [-0.05, 0) is 70.2 Å². The number of carbonyl (C=O) groups excluding carboxylic acids is 4. The second kappa shape index (κ2) is 18.4. The smallest absolute Gasteiger partial charge is 0.330 e. The molecule has 3 amide bonds. The van der Waals surface area contributed by atoms with Crippen molar-refractivity contribution in [3.63, 3.8) is 0 Å². The molecule has 2 aliphatic heterocycles. The van der Waals surface area contributed by atoms with E-state index in [0.29, 0.717) is 0 Å². The van der Waals surface area contributed by atoms with Crippen LogP contribution in [0.3, 0.4) is 0 Å². The van der Waals surface area contributed by atoms with Crippen LogP contribution in [0.1, 0.15) is 69.0 Å². The lowest BCUT2D eigenvalue weighted by atomic mass is 9.88. The molecule has 4 N–H and O–H groups in total. The lowest BCUT2D eigenvalue weighted by Crippen LogP contribution is -2.58. The molecule has 3 heterocycles. The Morgan fingerprint density at radius 1 is 1.10 bits per heavy atom. The van der Waals surface area contributed by atoms with Crippen molar-refractivity contribution < 1.29 is 33.8 Å². The van der Waals surface area contributed by atoms with Gasteiger partial charge >= 0.3 is 11.7 Å². The zero-order chi connectivity index (χ0) is 42.4. The van der Waals surface area contributed by atoms with Crippen molar-refractivity contribution in [1.29, 1.82) is 0 Å². The lowest BCUT2D eigenvalue weighted by molar-refractivity contribution is -0.161. The molecule has 2 saturated heterocycles. The molecule has 310 valence electrons. The standard InChI is InChI=1S/C40H50N8O9S/c1-23-12-10-11-15-26(23)19-42-35(52)33-40(5,6)58-22-48(33)36(53)32(50)28(16-25-13-8-7-9-14-25)43-30(49)18-39(3,4)37(54)56-21-29-27(45-46-41)17-31(57-29)47-20-24(2)34(51)44-38(47)55/h7-15,20,27-29,31-33,50H,16-19,21-22H2,1-6H3,(H,42,52)(H,43,49)(H,44,51,55)/t27?,28-,29+,31+,32-,33+/m0/s1. The van der Waals surface area contributed by atoms with Gasteiger partial charge in [-0.25, -0.2) is 4.79 Å². The molecule has 0 spiro atoms. The maximum atomic E-state index is 14.1. The van der Waals surface area contributed by atoms with Crippen LogP contribution in [0.25, 0.3) is 10.4 Å². The minimum atomic E-state index is -1.75. The Hall–Kier alpha value is -5.42. The lowest BCUT2D eigenvalue weighted by Gasteiger charge is -2.33.